The van der Waals surface area contributed by atoms with Gasteiger partial charge in [-0.3, -0.25) is 0 Å². The molecule has 2 rings (SSSR count). The van der Waals surface area contributed by atoms with Gasteiger partial charge < -0.3 is 19.8 Å². The van der Waals surface area contributed by atoms with Crippen LogP contribution in [0, 0.1) is 0 Å². The zero-order valence-electron chi connectivity index (χ0n) is 10.6. The van der Waals surface area contributed by atoms with Crippen molar-refractivity contribution in [2.45, 2.75) is 6.54 Å². The third-order valence-electron chi connectivity index (χ3n) is 2.59. The van der Waals surface area contributed by atoms with Gasteiger partial charge in [-0.25, -0.2) is 4.98 Å². The van der Waals surface area contributed by atoms with Crippen molar-refractivity contribution in [2.24, 2.45) is 5.73 Å². The van der Waals surface area contributed by atoms with Gasteiger partial charge in [0.2, 0.25) is 0 Å². The van der Waals surface area contributed by atoms with E-state index in [4.69, 9.17) is 27.4 Å². The maximum Gasteiger partial charge on any atom is 0.167 e. The quantitative estimate of drug-likeness (QED) is 0.813. The molecule has 1 aromatic heterocycles. The van der Waals surface area contributed by atoms with Crippen molar-refractivity contribution in [3.8, 4) is 11.5 Å². The van der Waals surface area contributed by atoms with Crippen LogP contribution in [0.5, 0.6) is 11.5 Å². The summed E-state index contributed by atoms with van der Waals surface area (Å²) in [5.74, 6) is 2.02. The average Bonchev–Trinajstić information content (AvgIpc) is 2.88. The van der Waals surface area contributed by atoms with Crippen molar-refractivity contribution in [1.29, 1.82) is 0 Å². The molecule has 0 bridgehead atoms. The molecule has 0 spiro atoms. The highest BCUT2D eigenvalue weighted by molar-refractivity contribution is 7.80. The molecule has 0 radical (unpaired) electrons. The van der Waals surface area contributed by atoms with Crippen LogP contribution < -0.4 is 15.2 Å². The van der Waals surface area contributed by atoms with Crippen LogP contribution in [0.25, 0.3) is 0 Å². The first kappa shape index (κ1) is 13.4. The van der Waals surface area contributed by atoms with E-state index in [2.05, 4.69) is 4.98 Å². The minimum absolute atomic E-state index is 0.280. The predicted molar refractivity (Wildman–Crippen MR) is 76.6 cm³/mol. The van der Waals surface area contributed by atoms with Crippen LogP contribution in [-0.2, 0) is 6.54 Å². The lowest BCUT2D eigenvalue weighted by atomic mass is 10.3. The summed E-state index contributed by atoms with van der Waals surface area (Å²) in [4.78, 5) is 4.37. The maximum atomic E-state index is 5.68. The first-order valence-electron chi connectivity index (χ1n) is 5.79. The van der Waals surface area contributed by atoms with Crippen LogP contribution in [-0.4, -0.2) is 28.3 Å². The number of imidazole rings is 1. The molecule has 0 fully saturated rings. The van der Waals surface area contributed by atoms with E-state index < -0.39 is 0 Å². The van der Waals surface area contributed by atoms with Gasteiger partial charge in [0.05, 0.1) is 13.7 Å². The number of hydrogen-bond acceptors (Lipinski definition) is 4. The molecule has 2 aromatic rings. The summed E-state index contributed by atoms with van der Waals surface area (Å²) >= 11 is 4.92. The van der Waals surface area contributed by atoms with Crippen LogP contribution in [0.1, 0.15) is 5.82 Å². The van der Waals surface area contributed by atoms with E-state index in [0.29, 0.717) is 30.5 Å². The Kier molecular flexibility index (Phi) is 4.35. The van der Waals surface area contributed by atoms with E-state index in [1.165, 1.54) is 0 Å². The van der Waals surface area contributed by atoms with Crippen molar-refractivity contribution in [1.82, 2.24) is 9.55 Å². The molecule has 0 unspecified atom stereocenters. The highest BCUT2D eigenvalue weighted by Crippen LogP contribution is 2.25. The molecule has 1 aromatic carbocycles. The molecule has 0 amide bonds. The number of ether oxygens (including phenoxy) is 2. The smallest absolute Gasteiger partial charge is 0.167 e. The lowest BCUT2D eigenvalue weighted by Crippen LogP contribution is -2.19. The second kappa shape index (κ2) is 6.19. The summed E-state index contributed by atoms with van der Waals surface area (Å²) in [6.07, 6.45) is 3.48. The van der Waals surface area contributed by atoms with Gasteiger partial charge in [-0.15, -0.1) is 0 Å². The van der Waals surface area contributed by atoms with Crippen LogP contribution in [0.2, 0.25) is 0 Å². The summed E-state index contributed by atoms with van der Waals surface area (Å²) < 4.78 is 12.7. The highest BCUT2D eigenvalue weighted by atomic mass is 32.1. The summed E-state index contributed by atoms with van der Waals surface area (Å²) in [6.45, 7) is 1.09. The molecule has 0 saturated heterocycles. The fourth-order valence-electron chi connectivity index (χ4n) is 1.71. The Labute approximate surface area is 117 Å². The number of hydrogen-bond donors (Lipinski definition) is 1. The summed E-state index contributed by atoms with van der Waals surface area (Å²) in [5, 5.41) is 0. The molecule has 1 heterocycles. The fourth-order valence-corrected chi connectivity index (χ4v) is 1.88. The Bertz CT molecular complexity index is 569. The standard InChI is InChI=1S/C13H15N3O2S/c1-17-10-4-2-3-5-11(10)18-9-8-16-7-6-15-13(16)12(14)19/h2-7H,8-9H2,1H3,(H2,14,19). The normalized spacial score (nSPS) is 10.2. The Hall–Kier alpha value is -2.08. The fraction of sp³-hybridized carbons (Fsp3) is 0.231. The van der Waals surface area contributed by atoms with Crippen molar-refractivity contribution < 1.29 is 9.47 Å². The van der Waals surface area contributed by atoms with Crippen LogP contribution >= 0.6 is 12.2 Å². The molecule has 0 saturated carbocycles. The minimum Gasteiger partial charge on any atom is -0.493 e. The SMILES string of the molecule is COc1ccccc1OCCn1ccnc1C(N)=S. The average molecular weight is 277 g/mol. The van der Waals surface area contributed by atoms with Gasteiger partial charge in [0.15, 0.2) is 17.3 Å². The lowest BCUT2D eigenvalue weighted by molar-refractivity contribution is 0.279. The largest absolute Gasteiger partial charge is 0.493 e. The first-order valence-corrected chi connectivity index (χ1v) is 6.20. The molecule has 5 nitrogen and oxygen atoms in total. The lowest BCUT2D eigenvalue weighted by Gasteiger charge is -2.11. The Morgan fingerprint density at radius 1 is 1.37 bits per heavy atom. The van der Waals surface area contributed by atoms with Gasteiger partial charge in [-0.2, -0.15) is 0 Å². The van der Waals surface area contributed by atoms with Crippen molar-refractivity contribution in [3.63, 3.8) is 0 Å². The van der Waals surface area contributed by atoms with E-state index >= 15 is 0 Å². The van der Waals surface area contributed by atoms with Crippen molar-refractivity contribution in [3.05, 3.63) is 42.5 Å². The van der Waals surface area contributed by atoms with Gasteiger partial charge in [0.1, 0.15) is 11.6 Å². The Morgan fingerprint density at radius 2 is 2.11 bits per heavy atom. The highest BCUT2D eigenvalue weighted by Gasteiger charge is 2.06. The van der Waals surface area contributed by atoms with Gasteiger partial charge in [0, 0.05) is 12.4 Å². The Balaban J connectivity index is 1.96. The number of thiocarbonyl (C=S) groups is 1. The predicted octanol–water partition coefficient (Wildman–Crippen LogP) is 1.60. The first-order chi connectivity index (χ1) is 9.22. The molecule has 2 N–H and O–H groups in total. The zero-order chi connectivity index (χ0) is 13.7. The second-order valence-electron chi connectivity index (χ2n) is 3.81. The molecule has 6 heteroatoms. The van der Waals surface area contributed by atoms with E-state index in [9.17, 15) is 0 Å². The molecule has 0 aliphatic rings. The van der Waals surface area contributed by atoms with Crippen LogP contribution in [0.4, 0.5) is 0 Å². The zero-order valence-corrected chi connectivity index (χ0v) is 11.4. The van der Waals surface area contributed by atoms with Crippen molar-refractivity contribution >= 4 is 17.2 Å². The summed E-state index contributed by atoms with van der Waals surface area (Å²) in [5.41, 5.74) is 5.57. The minimum atomic E-state index is 0.280. The van der Waals surface area contributed by atoms with Crippen molar-refractivity contribution in [2.75, 3.05) is 13.7 Å². The van der Waals surface area contributed by atoms with E-state index in [-0.39, 0.29) is 4.99 Å². The molecule has 0 atom stereocenters. The third kappa shape index (κ3) is 3.23. The van der Waals surface area contributed by atoms with Gasteiger partial charge >= 0.3 is 0 Å². The number of aromatic nitrogens is 2. The number of methoxy groups -OCH3 is 1. The van der Waals surface area contributed by atoms with Crippen LogP contribution in [0.15, 0.2) is 36.7 Å². The molecule has 0 aliphatic heterocycles. The topological polar surface area (TPSA) is 62.3 Å². The number of para-hydroxylation sites is 2. The van der Waals surface area contributed by atoms with Gasteiger partial charge in [-0.1, -0.05) is 24.4 Å². The third-order valence-corrected chi connectivity index (χ3v) is 2.78. The van der Waals surface area contributed by atoms with E-state index in [1.54, 1.807) is 13.3 Å². The maximum absolute atomic E-state index is 5.68. The monoisotopic (exact) mass is 277 g/mol. The van der Waals surface area contributed by atoms with Gasteiger partial charge in [0.25, 0.3) is 0 Å². The molecule has 0 aliphatic carbocycles. The number of rotatable bonds is 6. The number of benzene rings is 1. The number of nitrogens with two attached hydrogens (primary N) is 1. The molecule has 100 valence electrons. The molecule has 19 heavy (non-hydrogen) atoms. The van der Waals surface area contributed by atoms with Gasteiger partial charge in [-0.05, 0) is 12.1 Å². The van der Waals surface area contributed by atoms with E-state index in [1.807, 2.05) is 35.0 Å². The van der Waals surface area contributed by atoms with Crippen LogP contribution in [0.3, 0.4) is 0 Å². The number of nitrogens with zero attached hydrogens (tertiary/aromatic N) is 2. The summed E-state index contributed by atoms with van der Waals surface area (Å²) in [7, 11) is 1.61. The Morgan fingerprint density at radius 3 is 2.79 bits per heavy atom. The summed E-state index contributed by atoms with van der Waals surface area (Å²) in [6, 6.07) is 7.51. The second-order valence-corrected chi connectivity index (χ2v) is 4.25. The molecular weight excluding hydrogens is 262 g/mol. The molecular formula is C13H15N3O2S. The van der Waals surface area contributed by atoms with E-state index in [0.717, 1.165) is 0 Å².